The third-order valence-corrected chi connectivity index (χ3v) is 6.71. The maximum Gasteiger partial charge on any atom is 0.336 e. The monoisotopic (exact) mass is 586 g/mol. The number of esters is 3. The molecule has 43 heavy (non-hydrogen) atoms. The van der Waals surface area contributed by atoms with Crippen molar-refractivity contribution in [1.82, 2.24) is 14.9 Å². The van der Waals surface area contributed by atoms with E-state index in [1.807, 2.05) is 35.0 Å². The highest BCUT2D eigenvalue weighted by Gasteiger charge is 2.40. The third-order valence-electron chi connectivity index (χ3n) is 6.71. The van der Waals surface area contributed by atoms with E-state index >= 15 is 0 Å². The standard InChI is InChI=1S/C31H30N4O8/c1-20-27(30(37)41-3)29(24-6-4-5-7-25(24)35(39)40)28(21(2)33-20)31(38)43-17-16-42-26(36)13-12-22-8-10-23(11-9-22)18-34-15-14-32-19-34/h4-15,19,29,33H,16-18H2,1-3H3/b13-12+. The van der Waals surface area contributed by atoms with Gasteiger partial charge < -0.3 is 24.1 Å². The molecule has 0 saturated heterocycles. The summed E-state index contributed by atoms with van der Waals surface area (Å²) >= 11 is 0. The maximum absolute atomic E-state index is 13.3. The smallest absolute Gasteiger partial charge is 0.336 e. The normalized spacial score (nSPS) is 14.8. The van der Waals surface area contributed by atoms with Gasteiger partial charge in [-0.15, -0.1) is 0 Å². The Hall–Kier alpha value is -5.52. The van der Waals surface area contributed by atoms with Gasteiger partial charge in [0, 0.05) is 48.0 Å². The van der Waals surface area contributed by atoms with Crippen LogP contribution in [0.4, 0.5) is 5.69 Å². The molecule has 3 aromatic rings. The Labute approximate surface area is 247 Å². The zero-order valence-corrected chi connectivity index (χ0v) is 23.8. The number of allylic oxidation sites excluding steroid dienone is 2. The molecule has 1 unspecified atom stereocenters. The van der Waals surface area contributed by atoms with Gasteiger partial charge in [0.15, 0.2) is 0 Å². The van der Waals surface area contributed by atoms with Gasteiger partial charge >= 0.3 is 17.9 Å². The summed E-state index contributed by atoms with van der Waals surface area (Å²) in [5.74, 6) is -3.33. The van der Waals surface area contributed by atoms with Crippen molar-refractivity contribution in [3.63, 3.8) is 0 Å². The number of aromatic nitrogens is 2. The molecule has 12 nitrogen and oxygen atoms in total. The van der Waals surface area contributed by atoms with Gasteiger partial charge in [-0.1, -0.05) is 42.5 Å². The molecule has 0 spiro atoms. The van der Waals surface area contributed by atoms with Crippen LogP contribution in [0.2, 0.25) is 0 Å². The summed E-state index contributed by atoms with van der Waals surface area (Å²) < 4.78 is 17.4. The van der Waals surface area contributed by atoms with E-state index in [0.717, 1.165) is 11.1 Å². The van der Waals surface area contributed by atoms with Gasteiger partial charge in [0.1, 0.15) is 13.2 Å². The first-order valence-corrected chi connectivity index (χ1v) is 13.3. The second-order valence-electron chi connectivity index (χ2n) is 9.56. The molecule has 0 fully saturated rings. The Bertz CT molecular complexity index is 1600. The minimum Gasteiger partial charge on any atom is -0.466 e. The van der Waals surface area contributed by atoms with Crippen LogP contribution in [-0.2, 0) is 35.1 Å². The fourth-order valence-corrected chi connectivity index (χ4v) is 4.75. The minimum absolute atomic E-state index is 0.00278. The Balaban J connectivity index is 1.39. The van der Waals surface area contributed by atoms with Crippen LogP contribution in [-0.4, -0.2) is 52.7 Å². The van der Waals surface area contributed by atoms with Crippen LogP contribution < -0.4 is 5.32 Å². The van der Waals surface area contributed by atoms with E-state index in [9.17, 15) is 24.5 Å². The van der Waals surface area contributed by atoms with Crippen LogP contribution >= 0.6 is 0 Å². The first kappa shape index (κ1) is 30.4. The van der Waals surface area contributed by atoms with Crippen LogP contribution in [0.5, 0.6) is 0 Å². The molecule has 1 atom stereocenters. The minimum atomic E-state index is -1.13. The van der Waals surface area contributed by atoms with Crippen LogP contribution in [0.25, 0.3) is 6.08 Å². The summed E-state index contributed by atoms with van der Waals surface area (Å²) in [6, 6.07) is 13.5. The van der Waals surface area contributed by atoms with Gasteiger partial charge in [-0.25, -0.2) is 19.4 Å². The van der Waals surface area contributed by atoms with Crippen LogP contribution in [0.3, 0.4) is 0 Å². The molecule has 2 aromatic carbocycles. The SMILES string of the molecule is COC(=O)C1=C(C)NC(C)=C(C(=O)OCCOC(=O)/C=C/c2ccc(Cn3ccnc3)cc2)C1c1ccccc1[N+](=O)[O-]. The Morgan fingerprint density at radius 3 is 2.33 bits per heavy atom. The number of nitro groups is 1. The molecule has 1 aliphatic rings. The number of ether oxygens (including phenoxy) is 3. The molecule has 0 bridgehead atoms. The zero-order valence-electron chi connectivity index (χ0n) is 23.8. The molecule has 0 amide bonds. The van der Waals surface area contributed by atoms with E-state index < -0.39 is 28.7 Å². The van der Waals surface area contributed by atoms with Gasteiger partial charge in [-0.2, -0.15) is 0 Å². The number of hydrogen-bond acceptors (Lipinski definition) is 10. The van der Waals surface area contributed by atoms with E-state index in [1.54, 1.807) is 38.5 Å². The summed E-state index contributed by atoms with van der Waals surface area (Å²) in [6.07, 6.45) is 8.19. The summed E-state index contributed by atoms with van der Waals surface area (Å²) in [5.41, 5.74) is 2.53. The van der Waals surface area contributed by atoms with E-state index in [-0.39, 0.29) is 35.6 Å². The number of dihydropyridines is 1. The van der Waals surface area contributed by atoms with Crippen molar-refractivity contribution in [3.8, 4) is 0 Å². The Morgan fingerprint density at radius 1 is 1.00 bits per heavy atom. The second-order valence-corrected chi connectivity index (χ2v) is 9.56. The molecule has 0 saturated carbocycles. The maximum atomic E-state index is 13.3. The number of rotatable bonds is 11. The molecular weight excluding hydrogens is 556 g/mol. The number of carbonyl (C=O) groups excluding carboxylic acids is 3. The lowest BCUT2D eigenvalue weighted by molar-refractivity contribution is -0.385. The fraction of sp³-hybridized carbons (Fsp3) is 0.226. The Kier molecular flexibility index (Phi) is 9.84. The molecule has 1 aromatic heterocycles. The lowest BCUT2D eigenvalue weighted by Gasteiger charge is -2.30. The third kappa shape index (κ3) is 7.41. The topological polar surface area (TPSA) is 152 Å². The van der Waals surface area contributed by atoms with Crippen LogP contribution in [0, 0.1) is 10.1 Å². The van der Waals surface area contributed by atoms with E-state index in [2.05, 4.69) is 10.3 Å². The van der Waals surface area contributed by atoms with Crippen molar-refractivity contribution in [2.24, 2.45) is 0 Å². The lowest BCUT2D eigenvalue weighted by Crippen LogP contribution is -2.33. The summed E-state index contributed by atoms with van der Waals surface area (Å²) in [6.45, 7) is 3.39. The average molecular weight is 587 g/mol. The molecule has 0 radical (unpaired) electrons. The van der Waals surface area contributed by atoms with Crippen molar-refractivity contribution >= 4 is 29.7 Å². The van der Waals surface area contributed by atoms with Crippen molar-refractivity contribution in [2.75, 3.05) is 20.3 Å². The molecule has 1 aliphatic heterocycles. The number of hydrogen-bond donors (Lipinski definition) is 1. The van der Waals surface area contributed by atoms with E-state index in [1.165, 1.54) is 31.4 Å². The largest absolute Gasteiger partial charge is 0.466 e. The molecule has 0 aliphatic carbocycles. The zero-order chi connectivity index (χ0) is 30.9. The van der Waals surface area contributed by atoms with Crippen LogP contribution in [0.15, 0.2) is 95.9 Å². The first-order valence-electron chi connectivity index (χ1n) is 13.3. The summed E-state index contributed by atoms with van der Waals surface area (Å²) in [4.78, 5) is 53.5. The Morgan fingerprint density at radius 2 is 1.67 bits per heavy atom. The van der Waals surface area contributed by atoms with Gasteiger partial charge in [-0.05, 0) is 31.1 Å². The molecule has 222 valence electrons. The predicted molar refractivity (Wildman–Crippen MR) is 155 cm³/mol. The quantitative estimate of drug-likeness (QED) is 0.0870. The number of nitrogens with zero attached hydrogens (tertiary/aromatic N) is 3. The van der Waals surface area contributed by atoms with Crippen molar-refractivity contribution in [3.05, 3.63) is 123 Å². The number of carbonyl (C=O) groups is 3. The number of benzene rings is 2. The second kappa shape index (κ2) is 13.9. The fourth-order valence-electron chi connectivity index (χ4n) is 4.75. The number of nitro benzene ring substituents is 1. The number of nitrogens with one attached hydrogen (secondary N) is 1. The van der Waals surface area contributed by atoms with E-state index in [0.29, 0.717) is 17.9 Å². The highest BCUT2D eigenvalue weighted by molar-refractivity contribution is 6.00. The highest BCUT2D eigenvalue weighted by atomic mass is 16.6. The van der Waals surface area contributed by atoms with Crippen molar-refractivity contribution in [1.29, 1.82) is 0 Å². The van der Waals surface area contributed by atoms with Gasteiger partial charge in [0.05, 0.1) is 35.4 Å². The summed E-state index contributed by atoms with van der Waals surface area (Å²) in [5, 5.41) is 14.8. The number of methoxy groups -OCH3 is 1. The van der Waals surface area contributed by atoms with Gasteiger partial charge in [-0.3, -0.25) is 10.1 Å². The number of imidazole rings is 1. The predicted octanol–water partition coefficient (Wildman–Crippen LogP) is 4.05. The van der Waals surface area contributed by atoms with Gasteiger partial charge in [0.2, 0.25) is 0 Å². The van der Waals surface area contributed by atoms with Gasteiger partial charge in [0.25, 0.3) is 5.69 Å². The molecule has 12 heteroatoms. The molecule has 1 N–H and O–H groups in total. The molecule has 2 heterocycles. The molecule has 4 rings (SSSR count). The van der Waals surface area contributed by atoms with Crippen LogP contribution in [0.1, 0.15) is 36.5 Å². The average Bonchev–Trinajstić information content (AvgIpc) is 3.51. The number of para-hydroxylation sites is 1. The van der Waals surface area contributed by atoms with Crippen molar-refractivity contribution in [2.45, 2.75) is 26.3 Å². The first-order chi connectivity index (χ1) is 20.7. The lowest BCUT2D eigenvalue weighted by atomic mass is 9.79. The van der Waals surface area contributed by atoms with Crippen molar-refractivity contribution < 1.29 is 33.5 Å². The summed E-state index contributed by atoms with van der Waals surface area (Å²) in [7, 11) is 1.18. The molecular formula is C31H30N4O8. The highest BCUT2D eigenvalue weighted by Crippen LogP contribution is 2.42. The van der Waals surface area contributed by atoms with E-state index in [4.69, 9.17) is 14.2 Å².